The summed E-state index contributed by atoms with van der Waals surface area (Å²) in [6.45, 7) is 0. The second kappa shape index (κ2) is 13.4. The van der Waals surface area contributed by atoms with Crippen LogP contribution in [-0.2, 0) is 0 Å². The highest BCUT2D eigenvalue weighted by molar-refractivity contribution is 6.09. The zero-order valence-corrected chi connectivity index (χ0v) is 29.7. The van der Waals surface area contributed by atoms with E-state index in [9.17, 15) is 0 Å². The van der Waals surface area contributed by atoms with Gasteiger partial charge in [-0.2, -0.15) is 0 Å². The zero-order chi connectivity index (χ0) is 35.8. The molecule has 2 heteroatoms. The minimum atomic E-state index is 1.09. The molecule has 0 unspecified atom stereocenters. The molecular formula is C52H36N2. The number of nitrogens with zero attached hydrogens (tertiary/aromatic N) is 2. The van der Waals surface area contributed by atoms with Crippen molar-refractivity contribution in [1.82, 2.24) is 4.57 Å². The first-order valence-electron chi connectivity index (χ1n) is 18.5. The van der Waals surface area contributed by atoms with Gasteiger partial charge < -0.3 is 9.47 Å². The lowest BCUT2D eigenvalue weighted by atomic mass is 9.98. The molecule has 0 atom stereocenters. The highest BCUT2D eigenvalue weighted by Gasteiger charge is 2.19. The quantitative estimate of drug-likeness (QED) is 0.162. The number of hydrogen-bond acceptors (Lipinski definition) is 1. The molecule has 0 aliphatic carbocycles. The maximum atomic E-state index is 2.39. The second-order valence-electron chi connectivity index (χ2n) is 13.8. The van der Waals surface area contributed by atoms with Crippen LogP contribution in [0.15, 0.2) is 218 Å². The first-order chi connectivity index (χ1) is 26.8. The van der Waals surface area contributed by atoms with E-state index in [0.29, 0.717) is 0 Å². The van der Waals surface area contributed by atoms with E-state index in [2.05, 4.69) is 228 Å². The number of anilines is 3. The van der Waals surface area contributed by atoms with Crippen molar-refractivity contribution in [1.29, 1.82) is 0 Å². The van der Waals surface area contributed by atoms with Crippen LogP contribution in [0, 0.1) is 0 Å². The van der Waals surface area contributed by atoms with E-state index < -0.39 is 0 Å². The summed E-state index contributed by atoms with van der Waals surface area (Å²) in [4.78, 5) is 2.39. The topological polar surface area (TPSA) is 8.17 Å². The fourth-order valence-corrected chi connectivity index (χ4v) is 7.94. The standard InChI is InChI=1S/C52H36N2/c1-2-12-37(13-3-1)39-22-24-40(25-23-39)41-28-30-44(31-29-41)53(50-19-9-6-16-47(50)43-27-26-38-14-4-5-15-42(38)36-43)45-32-34-46(35-33-45)54-51-20-10-7-17-48(51)49-18-8-11-21-52(49)54/h1-36H. The summed E-state index contributed by atoms with van der Waals surface area (Å²) in [7, 11) is 0. The number of fused-ring (bicyclic) bond motifs is 4. The highest BCUT2D eigenvalue weighted by atomic mass is 15.1. The fourth-order valence-electron chi connectivity index (χ4n) is 7.94. The van der Waals surface area contributed by atoms with Gasteiger partial charge in [-0.05, 0) is 99.3 Å². The summed E-state index contributed by atoms with van der Waals surface area (Å²) in [5, 5.41) is 4.99. The highest BCUT2D eigenvalue weighted by Crippen LogP contribution is 2.42. The maximum absolute atomic E-state index is 2.39. The monoisotopic (exact) mass is 688 g/mol. The van der Waals surface area contributed by atoms with E-state index in [1.807, 2.05) is 0 Å². The lowest BCUT2D eigenvalue weighted by Gasteiger charge is -2.28. The van der Waals surface area contributed by atoms with Crippen molar-refractivity contribution in [2.75, 3.05) is 4.90 Å². The molecule has 10 rings (SSSR count). The Labute approximate surface area is 315 Å². The van der Waals surface area contributed by atoms with E-state index in [1.165, 1.54) is 66.0 Å². The first-order valence-corrected chi connectivity index (χ1v) is 18.5. The van der Waals surface area contributed by atoms with Crippen LogP contribution in [0.25, 0.3) is 71.6 Å². The Morgan fingerprint density at radius 3 is 1.43 bits per heavy atom. The molecule has 2 nitrogen and oxygen atoms in total. The third kappa shape index (κ3) is 5.62. The minimum Gasteiger partial charge on any atom is -0.310 e. The van der Waals surface area contributed by atoms with Crippen LogP contribution in [0.1, 0.15) is 0 Å². The normalized spacial score (nSPS) is 11.3. The van der Waals surface area contributed by atoms with Crippen molar-refractivity contribution in [3.63, 3.8) is 0 Å². The molecule has 0 amide bonds. The molecule has 0 saturated heterocycles. The predicted octanol–water partition coefficient (Wildman–Crippen LogP) is 14.4. The van der Waals surface area contributed by atoms with E-state index in [-0.39, 0.29) is 0 Å². The zero-order valence-electron chi connectivity index (χ0n) is 29.7. The van der Waals surface area contributed by atoms with Crippen LogP contribution in [-0.4, -0.2) is 4.57 Å². The first kappa shape index (κ1) is 31.6. The SMILES string of the molecule is c1ccc(-c2ccc(-c3ccc(N(c4ccc(-n5c6ccccc6c6ccccc65)cc4)c4ccccc4-c4ccc5ccccc5c4)cc3)cc2)cc1. The average Bonchev–Trinajstić information content (AvgIpc) is 3.59. The Hall–Kier alpha value is -7.16. The molecule has 1 aromatic heterocycles. The molecular weight excluding hydrogens is 653 g/mol. The molecule has 0 N–H and O–H groups in total. The van der Waals surface area contributed by atoms with Crippen molar-refractivity contribution >= 4 is 49.6 Å². The minimum absolute atomic E-state index is 1.09. The van der Waals surface area contributed by atoms with Crippen LogP contribution in [0.5, 0.6) is 0 Å². The summed E-state index contributed by atoms with van der Waals surface area (Å²) < 4.78 is 2.37. The maximum Gasteiger partial charge on any atom is 0.0541 e. The molecule has 0 aliphatic rings. The Bertz CT molecular complexity index is 2850. The molecule has 0 radical (unpaired) electrons. The lowest BCUT2D eigenvalue weighted by Crippen LogP contribution is -2.11. The molecule has 0 saturated carbocycles. The smallest absolute Gasteiger partial charge is 0.0541 e. The van der Waals surface area contributed by atoms with Crippen molar-refractivity contribution in [2.24, 2.45) is 0 Å². The van der Waals surface area contributed by atoms with Crippen LogP contribution < -0.4 is 4.90 Å². The Kier molecular flexibility index (Phi) is 7.85. The van der Waals surface area contributed by atoms with Gasteiger partial charge in [-0.25, -0.2) is 0 Å². The van der Waals surface area contributed by atoms with Gasteiger partial charge >= 0.3 is 0 Å². The molecule has 9 aromatic carbocycles. The van der Waals surface area contributed by atoms with Crippen LogP contribution in [0.2, 0.25) is 0 Å². The summed E-state index contributed by atoms with van der Waals surface area (Å²) in [5.74, 6) is 0. The number of hydrogen-bond donors (Lipinski definition) is 0. The van der Waals surface area contributed by atoms with Crippen LogP contribution in [0.3, 0.4) is 0 Å². The molecule has 254 valence electrons. The molecule has 0 fully saturated rings. The van der Waals surface area contributed by atoms with Crippen LogP contribution in [0.4, 0.5) is 17.1 Å². The number of aromatic nitrogens is 1. The predicted molar refractivity (Wildman–Crippen MR) is 229 cm³/mol. The van der Waals surface area contributed by atoms with Gasteiger partial charge in [0.15, 0.2) is 0 Å². The number of benzene rings is 9. The summed E-state index contributed by atoms with van der Waals surface area (Å²) >= 11 is 0. The molecule has 0 spiro atoms. The van der Waals surface area contributed by atoms with E-state index in [4.69, 9.17) is 0 Å². The number of para-hydroxylation sites is 3. The lowest BCUT2D eigenvalue weighted by molar-refractivity contribution is 1.17. The van der Waals surface area contributed by atoms with Crippen LogP contribution >= 0.6 is 0 Å². The third-order valence-corrected chi connectivity index (χ3v) is 10.6. The van der Waals surface area contributed by atoms with Crippen molar-refractivity contribution in [2.45, 2.75) is 0 Å². The van der Waals surface area contributed by atoms with Gasteiger partial charge in [0, 0.05) is 33.4 Å². The second-order valence-corrected chi connectivity index (χ2v) is 13.8. The van der Waals surface area contributed by atoms with Crippen molar-refractivity contribution in [3.8, 4) is 39.1 Å². The molecule has 0 bridgehead atoms. The number of rotatable bonds is 7. The van der Waals surface area contributed by atoms with E-state index in [1.54, 1.807) is 0 Å². The van der Waals surface area contributed by atoms with Gasteiger partial charge in [0.2, 0.25) is 0 Å². The molecule has 0 aliphatic heterocycles. The van der Waals surface area contributed by atoms with Gasteiger partial charge in [-0.15, -0.1) is 0 Å². The summed E-state index contributed by atoms with van der Waals surface area (Å²) in [5.41, 5.74) is 14.0. The fraction of sp³-hybridized carbons (Fsp3) is 0. The molecule has 54 heavy (non-hydrogen) atoms. The largest absolute Gasteiger partial charge is 0.310 e. The Balaban J connectivity index is 1.08. The van der Waals surface area contributed by atoms with Gasteiger partial charge in [0.05, 0.1) is 16.7 Å². The Morgan fingerprint density at radius 1 is 0.315 bits per heavy atom. The summed E-state index contributed by atoms with van der Waals surface area (Å²) in [6, 6.07) is 78.9. The summed E-state index contributed by atoms with van der Waals surface area (Å²) in [6.07, 6.45) is 0. The van der Waals surface area contributed by atoms with Gasteiger partial charge in [0.1, 0.15) is 0 Å². The average molecular weight is 689 g/mol. The van der Waals surface area contributed by atoms with Crippen molar-refractivity contribution < 1.29 is 0 Å². The van der Waals surface area contributed by atoms with Crippen molar-refractivity contribution in [3.05, 3.63) is 218 Å². The Morgan fingerprint density at radius 2 is 0.778 bits per heavy atom. The third-order valence-electron chi connectivity index (χ3n) is 10.6. The molecule has 1 heterocycles. The van der Waals surface area contributed by atoms with E-state index >= 15 is 0 Å². The van der Waals surface area contributed by atoms with Gasteiger partial charge in [-0.3, -0.25) is 0 Å². The van der Waals surface area contributed by atoms with Gasteiger partial charge in [-0.1, -0.05) is 158 Å². The van der Waals surface area contributed by atoms with Gasteiger partial charge in [0.25, 0.3) is 0 Å². The van der Waals surface area contributed by atoms with E-state index in [0.717, 1.165) is 22.7 Å². The molecule has 10 aromatic rings.